The molecule has 3 rings (SSSR count). The molecule has 0 unspecified atom stereocenters. The summed E-state index contributed by atoms with van der Waals surface area (Å²) in [6.45, 7) is 3.32. The Labute approximate surface area is 142 Å². The summed E-state index contributed by atoms with van der Waals surface area (Å²) < 4.78 is 0. The molecule has 2 aliphatic rings. The van der Waals surface area contributed by atoms with Gasteiger partial charge in [-0.05, 0) is 36.1 Å². The highest BCUT2D eigenvalue weighted by molar-refractivity contribution is 7.10. The number of piperidine rings is 1. The molecule has 1 aliphatic carbocycles. The number of carbonyl (C=O) groups excluding carboxylic acids is 2. The normalized spacial score (nSPS) is 25.5. The van der Waals surface area contributed by atoms with Crippen LogP contribution in [0, 0.1) is 11.8 Å². The van der Waals surface area contributed by atoms with Gasteiger partial charge >= 0.3 is 0 Å². The highest BCUT2D eigenvalue weighted by atomic mass is 32.1. The second-order valence-electron chi connectivity index (χ2n) is 6.91. The van der Waals surface area contributed by atoms with Crippen LogP contribution in [0.4, 0.5) is 0 Å². The Morgan fingerprint density at radius 3 is 2.78 bits per heavy atom. The van der Waals surface area contributed by atoms with Crippen LogP contribution in [0.2, 0.25) is 0 Å². The number of thiophene rings is 1. The van der Waals surface area contributed by atoms with Crippen molar-refractivity contribution in [3.63, 3.8) is 0 Å². The molecule has 4 nitrogen and oxygen atoms in total. The number of carbonyl (C=O) groups is 2. The quantitative estimate of drug-likeness (QED) is 0.918. The number of nitrogens with one attached hydrogen (secondary N) is 1. The van der Waals surface area contributed by atoms with Crippen molar-refractivity contribution in [1.82, 2.24) is 10.2 Å². The van der Waals surface area contributed by atoms with E-state index in [9.17, 15) is 9.59 Å². The second kappa shape index (κ2) is 7.47. The Morgan fingerprint density at radius 1 is 1.30 bits per heavy atom. The lowest BCUT2D eigenvalue weighted by Gasteiger charge is -2.41. The molecule has 1 aromatic heterocycles. The van der Waals surface area contributed by atoms with E-state index < -0.39 is 0 Å². The van der Waals surface area contributed by atoms with Gasteiger partial charge in [0.2, 0.25) is 11.8 Å². The van der Waals surface area contributed by atoms with Gasteiger partial charge < -0.3 is 10.2 Å². The number of amides is 2. The fourth-order valence-corrected chi connectivity index (χ4v) is 4.87. The Bertz CT molecular complexity index is 543. The molecule has 1 aliphatic heterocycles. The highest BCUT2D eigenvalue weighted by Gasteiger charge is 2.33. The lowest BCUT2D eigenvalue weighted by Crippen LogP contribution is -2.45. The van der Waals surface area contributed by atoms with E-state index in [1.807, 2.05) is 22.4 Å². The largest absolute Gasteiger partial charge is 0.348 e. The summed E-state index contributed by atoms with van der Waals surface area (Å²) in [4.78, 5) is 27.3. The number of likely N-dealkylation sites (tertiary alicyclic amines) is 1. The first-order valence-electron chi connectivity index (χ1n) is 8.71. The van der Waals surface area contributed by atoms with Crippen molar-refractivity contribution in [2.45, 2.75) is 51.5 Å². The molecule has 1 aromatic rings. The van der Waals surface area contributed by atoms with Crippen LogP contribution in [-0.2, 0) is 9.59 Å². The molecule has 0 spiro atoms. The van der Waals surface area contributed by atoms with Gasteiger partial charge in [0, 0.05) is 24.9 Å². The summed E-state index contributed by atoms with van der Waals surface area (Å²) in [5.74, 6) is 1.63. The summed E-state index contributed by atoms with van der Waals surface area (Å²) in [6, 6.07) is 3.77. The Morgan fingerprint density at radius 2 is 2.09 bits per heavy atom. The maximum absolute atomic E-state index is 12.7. The van der Waals surface area contributed by atoms with Crippen molar-refractivity contribution < 1.29 is 9.59 Å². The van der Waals surface area contributed by atoms with Gasteiger partial charge in [0.15, 0.2) is 0 Å². The molecule has 0 radical (unpaired) electrons. The average Bonchev–Trinajstić information content (AvgIpc) is 3.07. The van der Waals surface area contributed by atoms with E-state index in [0.29, 0.717) is 12.3 Å². The third-order valence-electron chi connectivity index (χ3n) is 5.29. The van der Waals surface area contributed by atoms with Crippen LogP contribution < -0.4 is 5.32 Å². The number of hydrogen-bond donors (Lipinski definition) is 1. The summed E-state index contributed by atoms with van der Waals surface area (Å²) in [7, 11) is 0. The minimum Gasteiger partial charge on any atom is -0.348 e. The predicted octanol–water partition coefficient (Wildman–Crippen LogP) is 3.35. The zero-order valence-corrected chi connectivity index (χ0v) is 14.6. The molecule has 5 heteroatoms. The van der Waals surface area contributed by atoms with Gasteiger partial charge in [-0.25, -0.2) is 0 Å². The minimum absolute atomic E-state index is 0.0813. The van der Waals surface area contributed by atoms with Crippen LogP contribution in [0.15, 0.2) is 17.5 Å². The fraction of sp³-hybridized carbons (Fsp3) is 0.667. The van der Waals surface area contributed by atoms with Gasteiger partial charge in [-0.15, -0.1) is 11.3 Å². The van der Waals surface area contributed by atoms with Gasteiger partial charge in [0.05, 0.1) is 12.5 Å². The van der Waals surface area contributed by atoms with Gasteiger partial charge in [0.25, 0.3) is 0 Å². The molecule has 2 fully saturated rings. The molecule has 23 heavy (non-hydrogen) atoms. The third kappa shape index (κ3) is 4.14. The van der Waals surface area contributed by atoms with Gasteiger partial charge in [-0.2, -0.15) is 0 Å². The first-order valence-corrected chi connectivity index (χ1v) is 9.59. The molecule has 1 saturated heterocycles. The van der Waals surface area contributed by atoms with Crippen LogP contribution in [0.1, 0.15) is 56.4 Å². The lowest BCUT2D eigenvalue weighted by molar-refractivity contribution is -0.135. The van der Waals surface area contributed by atoms with Gasteiger partial charge in [0.1, 0.15) is 0 Å². The first kappa shape index (κ1) is 16.5. The van der Waals surface area contributed by atoms with Crippen LogP contribution >= 0.6 is 11.3 Å². The van der Waals surface area contributed by atoms with Crippen molar-refractivity contribution >= 4 is 23.2 Å². The van der Waals surface area contributed by atoms with Crippen molar-refractivity contribution in [3.8, 4) is 0 Å². The van der Waals surface area contributed by atoms with E-state index >= 15 is 0 Å². The minimum atomic E-state index is -0.191. The summed E-state index contributed by atoms with van der Waals surface area (Å²) in [5, 5.41) is 4.92. The van der Waals surface area contributed by atoms with Crippen molar-refractivity contribution in [2.75, 3.05) is 13.1 Å². The lowest BCUT2D eigenvalue weighted by atomic mass is 9.75. The van der Waals surface area contributed by atoms with E-state index in [0.717, 1.165) is 30.3 Å². The molecular formula is C18H26N2O2S. The maximum Gasteiger partial charge on any atom is 0.225 e. The monoisotopic (exact) mass is 334 g/mol. The number of rotatable bonds is 4. The third-order valence-corrected chi connectivity index (χ3v) is 6.27. The van der Waals surface area contributed by atoms with Crippen molar-refractivity contribution in [1.29, 1.82) is 0 Å². The SMILES string of the molecule is CC(=O)N[C@H](CC(=O)N1CC[C@@H]2CCCC[C@@H]2C1)c1cccs1. The Balaban J connectivity index is 1.61. The zero-order chi connectivity index (χ0) is 16.2. The van der Waals surface area contributed by atoms with Crippen LogP contribution in [0.5, 0.6) is 0 Å². The molecular weight excluding hydrogens is 308 g/mol. The predicted molar refractivity (Wildman–Crippen MR) is 92.1 cm³/mol. The van der Waals surface area contributed by atoms with E-state index in [-0.39, 0.29) is 17.9 Å². The van der Waals surface area contributed by atoms with E-state index in [1.54, 1.807) is 11.3 Å². The summed E-state index contributed by atoms with van der Waals surface area (Å²) in [6.07, 6.45) is 6.81. The van der Waals surface area contributed by atoms with Crippen LogP contribution in [0.25, 0.3) is 0 Å². The Kier molecular flexibility index (Phi) is 5.36. The topological polar surface area (TPSA) is 49.4 Å². The number of hydrogen-bond acceptors (Lipinski definition) is 3. The molecule has 2 amide bonds. The van der Waals surface area contributed by atoms with Crippen LogP contribution in [-0.4, -0.2) is 29.8 Å². The van der Waals surface area contributed by atoms with Gasteiger partial charge in [-0.3, -0.25) is 9.59 Å². The standard InChI is InChI=1S/C18H26N2O2S/c1-13(21)19-16(17-7-4-10-23-17)11-18(22)20-9-8-14-5-2-3-6-15(14)12-20/h4,7,10,14-16H,2-3,5-6,8-9,11-12H2,1H3,(H,19,21)/t14-,15+,16+/m0/s1. The van der Waals surface area contributed by atoms with E-state index in [2.05, 4.69) is 5.32 Å². The number of nitrogens with zero attached hydrogens (tertiary/aromatic N) is 1. The molecule has 126 valence electrons. The second-order valence-corrected chi connectivity index (χ2v) is 7.88. The van der Waals surface area contributed by atoms with Crippen LogP contribution in [0.3, 0.4) is 0 Å². The van der Waals surface area contributed by atoms with E-state index in [1.165, 1.54) is 32.6 Å². The molecule has 3 atom stereocenters. The maximum atomic E-state index is 12.7. The van der Waals surface area contributed by atoms with E-state index in [4.69, 9.17) is 0 Å². The summed E-state index contributed by atoms with van der Waals surface area (Å²) >= 11 is 1.59. The average molecular weight is 334 g/mol. The molecule has 1 N–H and O–H groups in total. The first-order chi connectivity index (χ1) is 11.1. The summed E-state index contributed by atoms with van der Waals surface area (Å²) in [5.41, 5.74) is 0. The van der Waals surface area contributed by atoms with Gasteiger partial charge in [-0.1, -0.05) is 25.3 Å². The van der Waals surface area contributed by atoms with Crippen molar-refractivity contribution in [3.05, 3.63) is 22.4 Å². The van der Waals surface area contributed by atoms with Crippen molar-refractivity contribution in [2.24, 2.45) is 11.8 Å². The fourth-order valence-electron chi connectivity index (χ4n) is 4.09. The number of fused-ring (bicyclic) bond motifs is 1. The molecule has 2 heterocycles. The molecule has 0 aromatic carbocycles. The zero-order valence-electron chi connectivity index (χ0n) is 13.8. The Hall–Kier alpha value is -1.36. The molecule has 1 saturated carbocycles. The molecule has 0 bridgehead atoms. The smallest absolute Gasteiger partial charge is 0.225 e. The highest BCUT2D eigenvalue weighted by Crippen LogP contribution is 2.36.